The summed E-state index contributed by atoms with van der Waals surface area (Å²) >= 11 is 0. The van der Waals surface area contributed by atoms with E-state index in [4.69, 9.17) is 7.85 Å². The van der Waals surface area contributed by atoms with Gasteiger partial charge in [-0.3, -0.25) is 4.79 Å². The molecule has 0 unspecified atom stereocenters. The predicted molar refractivity (Wildman–Crippen MR) is 84.1 cm³/mol. The molecule has 0 amide bonds. The fraction of sp³-hybridized carbons (Fsp3) is 0.308. The van der Waals surface area contributed by atoms with Crippen molar-refractivity contribution in [2.45, 2.75) is 12.4 Å². The van der Waals surface area contributed by atoms with E-state index in [9.17, 15) is 31.2 Å². The molecule has 0 N–H and O–H groups in total. The minimum absolute atomic E-state index is 0.0861. The zero-order valence-electron chi connectivity index (χ0n) is 13.5. The molecule has 2 aromatic rings. The molecule has 0 saturated carbocycles. The second-order valence-corrected chi connectivity index (χ2v) is 6.61. The number of fused-ring (bicyclic) bond motifs is 1. The largest absolute Gasteiger partial charge is 0.534 e. The highest BCUT2D eigenvalue weighted by Crippen LogP contribution is 2.32. The molecule has 2 radical (unpaired) electrons. The summed E-state index contributed by atoms with van der Waals surface area (Å²) in [6, 6.07) is 1.19. The zero-order chi connectivity index (χ0) is 20.0. The van der Waals surface area contributed by atoms with Crippen molar-refractivity contribution in [1.29, 1.82) is 0 Å². The number of nitrogens with zero attached hydrogens (tertiary/aromatic N) is 2. The van der Waals surface area contributed by atoms with E-state index >= 15 is 0 Å². The number of pyridine rings is 2. The van der Waals surface area contributed by atoms with E-state index in [-0.39, 0.29) is 16.7 Å². The van der Waals surface area contributed by atoms with Gasteiger partial charge in [-0.2, -0.15) is 21.6 Å². The Morgan fingerprint density at radius 1 is 1.35 bits per heavy atom. The third-order valence-corrected chi connectivity index (χ3v) is 4.37. The van der Waals surface area contributed by atoms with Gasteiger partial charge in [0, 0.05) is 12.7 Å². The van der Waals surface area contributed by atoms with Gasteiger partial charge in [-0.05, 0) is 13.0 Å². The number of aryl methyl sites for hydroxylation is 2. The summed E-state index contributed by atoms with van der Waals surface area (Å²) in [6.07, 6.45) is 0. The Bertz CT molecular complexity index is 1080. The second kappa shape index (κ2) is 6.30. The van der Waals surface area contributed by atoms with Crippen molar-refractivity contribution in [2.75, 3.05) is 7.11 Å². The van der Waals surface area contributed by atoms with Gasteiger partial charge >= 0.3 is 21.6 Å². The molecule has 8 nitrogen and oxygen atoms in total. The number of esters is 1. The number of methoxy groups -OCH3 is 1. The van der Waals surface area contributed by atoms with Crippen molar-refractivity contribution in [2.24, 2.45) is 7.05 Å². The number of hydrogen-bond acceptors (Lipinski definition) is 7. The lowest BCUT2D eigenvalue weighted by Crippen LogP contribution is -2.32. The fourth-order valence-corrected chi connectivity index (χ4v) is 2.52. The molecule has 0 fully saturated rings. The van der Waals surface area contributed by atoms with Crippen LogP contribution in [0.3, 0.4) is 0 Å². The Kier molecular flexibility index (Phi) is 4.79. The minimum Gasteiger partial charge on any atom is -0.465 e. The van der Waals surface area contributed by atoms with Crippen LogP contribution >= 0.6 is 0 Å². The average Bonchev–Trinajstić information content (AvgIpc) is 2.52. The lowest BCUT2D eigenvalue weighted by atomic mass is 9.94. The van der Waals surface area contributed by atoms with Gasteiger partial charge in [0.05, 0.1) is 12.6 Å². The number of carbonyl (C=O) groups excluding carboxylic acids is 1. The predicted octanol–water partition coefficient (Wildman–Crippen LogP) is 0.0507. The van der Waals surface area contributed by atoms with Gasteiger partial charge in [0.2, 0.25) is 0 Å². The van der Waals surface area contributed by atoms with Gasteiger partial charge < -0.3 is 13.5 Å². The van der Waals surface area contributed by atoms with Crippen molar-refractivity contribution in [3.05, 3.63) is 27.7 Å². The number of carbonyl (C=O) groups is 1. The molecule has 2 heterocycles. The summed E-state index contributed by atoms with van der Waals surface area (Å²) < 4.78 is 70.3. The van der Waals surface area contributed by atoms with E-state index in [2.05, 4.69) is 13.9 Å². The standard InChI is InChI=1S/C13H10BF3N2O6S/c1-5-6(14)4-7-9(18-5)10(25-26(22,23)13(15,16)17)8(12(21)24-3)11(20)19(7)2/h4H,1-3H3. The molecule has 0 aliphatic heterocycles. The second-order valence-electron chi connectivity index (χ2n) is 5.07. The highest BCUT2D eigenvalue weighted by Gasteiger charge is 2.49. The molecule has 0 aliphatic rings. The molecule has 0 saturated heterocycles. The van der Waals surface area contributed by atoms with Crippen molar-refractivity contribution in [3.8, 4) is 5.75 Å². The van der Waals surface area contributed by atoms with Crippen LogP contribution in [0.15, 0.2) is 10.9 Å². The van der Waals surface area contributed by atoms with Crippen molar-refractivity contribution in [3.63, 3.8) is 0 Å². The van der Waals surface area contributed by atoms with E-state index in [1.807, 2.05) is 0 Å². The van der Waals surface area contributed by atoms with Crippen LogP contribution in [-0.4, -0.2) is 44.4 Å². The van der Waals surface area contributed by atoms with E-state index < -0.39 is 44.0 Å². The molecule has 0 spiro atoms. The van der Waals surface area contributed by atoms with Crippen molar-refractivity contribution >= 4 is 40.4 Å². The molecular formula is C13H10BF3N2O6S. The van der Waals surface area contributed by atoms with Crippen LogP contribution in [0.1, 0.15) is 16.1 Å². The van der Waals surface area contributed by atoms with Crippen LogP contribution in [0.2, 0.25) is 0 Å². The number of ether oxygens (including phenoxy) is 1. The van der Waals surface area contributed by atoms with Crippen molar-refractivity contribution < 1.29 is 35.3 Å². The first-order chi connectivity index (χ1) is 11.8. The minimum atomic E-state index is -6.19. The third-order valence-electron chi connectivity index (χ3n) is 3.42. The van der Waals surface area contributed by atoms with Gasteiger partial charge in [0.15, 0.2) is 11.3 Å². The average molecular weight is 390 g/mol. The Morgan fingerprint density at radius 3 is 2.42 bits per heavy atom. The molecular weight excluding hydrogens is 380 g/mol. The number of alkyl halides is 3. The summed E-state index contributed by atoms with van der Waals surface area (Å²) in [5, 5.41) is 0. The summed E-state index contributed by atoms with van der Waals surface area (Å²) in [5.41, 5.74) is -8.42. The van der Waals surface area contributed by atoms with Gasteiger partial charge in [-0.1, -0.05) is 5.46 Å². The van der Waals surface area contributed by atoms with Gasteiger partial charge in [0.25, 0.3) is 5.56 Å². The molecule has 2 rings (SSSR count). The first-order valence-electron chi connectivity index (χ1n) is 6.70. The van der Waals surface area contributed by atoms with Crippen LogP contribution in [0.5, 0.6) is 5.75 Å². The SMILES string of the molecule is [B]c1cc2c(nc1C)c(OS(=O)(=O)C(F)(F)F)c(C(=O)OC)c(=O)n2C. The number of hydrogen-bond donors (Lipinski definition) is 0. The van der Waals surface area contributed by atoms with Crippen molar-refractivity contribution in [1.82, 2.24) is 9.55 Å². The van der Waals surface area contributed by atoms with E-state index in [0.717, 1.165) is 11.7 Å². The molecule has 13 heteroatoms. The van der Waals surface area contributed by atoms with Crippen LogP contribution in [0.4, 0.5) is 13.2 Å². The molecule has 0 aromatic carbocycles. The monoisotopic (exact) mass is 390 g/mol. The van der Waals surface area contributed by atoms with Crippen LogP contribution in [0, 0.1) is 6.92 Å². The number of rotatable bonds is 3. The van der Waals surface area contributed by atoms with Gasteiger partial charge in [-0.25, -0.2) is 9.78 Å². The fourth-order valence-electron chi connectivity index (χ4n) is 2.05. The summed E-state index contributed by atoms with van der Waals surface area (Å²) in [4.78, 5) is 28.1. The summed E-state index contributed by atoms with van der Waals surface area (Å²) in [7, 11) is 1.53. The zero-order valence-corrected chi connectivity index (χ0v) is 14.4. The quantitative estimate of drug-likeness (QED) is 0.316. The Morgan fingerprint density at radius 2 is 1.92 bits per heavy atom. The molecule has 0 aliphatic carbocycles. The molecule has 26 heavy (non-hydrogen) atoms. The molecule has 0 atom stereocenters. The normalized spacial score (nSPS) is 12.2. The lowest BCUT2D eigenvalue weighted by Gasteiger charge is -2.16. The first kappa shape index (κ1) is 19.8. The first-order valence-corrected chi connectivity index (χ1v) is 8.11. The number of aromatic nitrogens is 2. The smallest absolute Gasteiger partial charge is 0.465 e. The van der Waals surface area contributed by atoms with Crippen LogP contribution in [0.25, 0.3) is 11.0 Å². The highest BCUT2D eigenvalue weighted by atomic mass is 32.2. The Hall–Kier alpha value is -2.57. The van der Waals surface area contributed by atoms with Gasteiger partial charge in [-0.15, -0.1) is 0 Å². The van der Waals surface area contributed by atoms with Gasteiger partial charge in [0.1, 0.15) is 13.4 Å². The number of halogens is 3. The maximum atomic E-state index is 12.7. The molecule has 0 bridgehead atoms. The van der Waals surface area contributed by atoms with Crippen LogP contribution < -0.4 is 15.2 Å². The van der Waals surface area contributed by atoms with E-state index in [1.165, 1.54) is 20.0 Å². The maximum absolute atomic E-state index is 12.7. The third kappa shape index (κ3) is 3.13. The van der Waals surface area contributed by atoms with E-state index in [1.54, 1.807) is 0 Å². The highest BCUT2D eigenvalue weighted by molar-refractivity contribution is 7.88. The topological polar surface area (TPSA) is 105 Å². The maximum Gasteiger partial charge on any atom is 0.534 e. The van der Waals surface area contributed by atoms with E-state index in [0.29, 0.717) is 0 Å². The Labute approximate surface area is 146 Å². The summed E-state index contributed by atoms with van der Waals surface area (Å²) in [5.74, 6) is -2.58. The van der Waals surface area contributed by atoms with Crippen LogP contribution in [-0.2, 0) is 21.9 Å². The molecule has 2 aromatic heterocycles. The summed E-state index contributed by atoms with van der Waals surface area (Å²) in [6.45, 7) is 1.39. The molecule has 138 valence electrons. The Balaban J connectivity index is 3.02. The lowest BCUT2D eigenvalue weighted by molar-refractivity contribution is -0.0500.